The van der Waals surface area contributed by atoms with Crippen molar-refractivity contribution in [2.45, 2.75) is 38.5 Å². The molecule has 0 bridgehead atoms. The molecule has 1 aliphatic carbocycles. The van der Waals surface area contributed by atoms with Crippen LogP contribution in [-0.2, 0) is 0 Å². The fraction of sp³-hybridized carbons (Fsp3) is 0.375. The number of halogens is 3. The monoisotopic (exact) mass is 384 g/mol. The number of aromatic nitrogens is 2. The average molecular weight is 386 g/mol. The second-order valence-electron chi connectivity index (χ2n) is 5.48. The molecule has 1 saturated carbocycles. The normalized spacial score (nSPS) is 15.6. The van der Waals surface area contributed by atoms with Crippen LogP contribution in [0.5, 0.6) is 0 Å². The van der Waals surface area contributed by atoms with Crippen molar-refractivity contribution in [1.29, 1.82) is 0 Å². The molecule has 2 nitrogen and oxygen atoms in total. The van der Waals surface area contributed by atoms with Gasteiger partial charge in [0.15, 0.2) is 5.82 Å². The summed E-state index contributed by atoms with van der Waals surface area (Å²) < 4.78 is 0.839. The van der Waals surface area contributed by atoms with Crippen molar-refractivity contribution in [3.63, 3.8) is 0 Å². The third-order valence-electron chi connectivity index (χ3n) is 4.01. The summed E-state index contributed by atoms with van der Waals surface area (Å²) in [5.41, 5.74) is 3.07. The number of hydrogen-bond donors (Lipinski definition) is 0. The molecule has 5 heteroatoms. The van der Waals surface area contributed by atoms with E-state index in [4.69, 9.17) is 28.2 Å². The van der Waals surface area contributed by atoms with Crippen molar-refractivity contribution in [2.24, 2.45) is 0 Å². The highest BCUT2D eigenvalue weighted by molar-refractivity contribution is 9.10. The third kappa shape index (κ3) is 3.10. The molecule has 0 amide bonds. The second-order valence-corrected chi connectivity index (χ2v) is 7.07. The van der Waals surface area contributed by atoms with E-state index in [2.05, 4.69) is 20.9 Å². The summed E-state index contributed by atoms with van der Waals surface area (Å²) in [6.45, 7) is 2.01. The van der Waals surface area contributed by atoms with Gasteiger partial charge in [0.2, 0.25) is 0 Å². The largest absolute Gasteiger partial charge is 0.231 e. The lowest BCUT2D eigenvalue weighted by molar-refractivity contribution is 0.690. The molecule has 3 rings (SSSR count). The quantitative estimate of drug-likeness (QED) is 0.576. The highest BCUT2D eigenvalue weighted by Crippen LogP contribution is 2.39. The molecule has 1 aromatic heterocycles. The van der Waals surface area contributed by atoms with Crippen LogP contribution in [0.25, 0.3) is 11.4 Å². The van der Waals surface area contributed by atoms with Crippen molar-refractivity contribution in [3.8, 4) is 11.4 Å². The van der Waals surface area contributed by atoms with E-state index in [-0.39, 0.29) is 0 Å². The zero-order chi connectivity index (χ0) is 15.0. The Labute approximate surface area is 143 Å². The first-order chi connectivity index (χ1) is 10.1. The Morgan fingerprint density at radius 2 is 1.86 bits per heavy atom. The molecule has 0 aliphatic heterocycles. The van der Waals surface area contributed by atoms with Crippen molar-refractivity contribution < 1.29 is 0 Å². The van der Waals surface area contributed by atoms with Gasteiger partial charge in [-0.05, 0) is 59.5 Å². The van der Waals surface area contributed by atoms with Crippen LogP contribution in [0.1, 0.15) is 42.9 Å². The SMILES string of the molecule is Cc1cc(Cl)ccc1-c1nc(Cl)c(Br)c(C2CCCC2)n1. The Morgan fingerprint density at radius 3 is 2.52 bits per heavy atom. The average Bonchev–Trinajstić information content (AvgIpc) is 2.96. The zero-order valence-corrected chi connectivity index (χ0v) is 14.8. The molecule has 21 heavy (non-hydrogen) atoms. The molecule has 0 atom stereocenters. The molecule has 0 unspecified atom stereocenters. The van der Waals surface area contributed by atoms with Gasteiger partial charge in [0.1, 0.15) is 5.15 Å². The Balaban J connectivity index is 2.10. The molecular weight excluding hydrogens is 371 g/mol. The maximum Gasteiger partial charge on any atom is 0.161 e. The molecular formula is C16H15BrCl2N2. The van der Waals surface area contributed by atoms with Gasteiger partial charge in [0.05, 0.1) is 10.2 Å². The van der Waals surface area contributed by atoms with Crippen LogP contribution in [0, 0.1) is 6.92 Å². The van der Waals surface area contributed by atoms with E-state index in [9.17, 15) is 0 Å². The smallest absolute Gasteiger partial charge is 0.161 e. The minimum absolute atomic E-state index is 0.478. The third-order valence-corrected chi connectivity index (χ3v) is 5.53. The van der Waals surface area contributed by atoms with Crippen molar-refractivity contribution in [2.75, 3.05) is 0 Å². The van der Waals surface area contributed by atoms with Gasteiger partial charge < -0.3 is 0 Å². The molecule has 0 N–H and O–H groups in total. The van der Waals surface area contributed by atoms with Crippen LogP contribution in [0.15, 0.2) is 22.7 Å². The first-order valence-electron chi connectivity index (χ1n) is 7.05. The lowest BCUT2D eigenvalue weighted by Gasteiger charge is -2.14. The molecule has 2 aromatic rings. The fourth-order valence-corrected chi connectivity index (χ4v) is 3.81. The van der Waals surface area contributed by atoms with E-state index in [0.29, 0.717) is 16.9 Å². The van der Waals surface area contributed by atoms with Gasteiger partial charge in [-0.2, -0.15) is 0 Å². The molecule has 1 fully saturated rings. The maximum absolute atomic E-state index is 6.31. The van der Waals surface area contributed by atoms with Gasteiger partial charge in [-0.1, -0.05) is 36.0 Å². The van der Waals surface area contributed by atoms with Crippen LogP contribution in [-0.4, -0.2) is 9.97 Å². The summed E-state index contributed by atoms with van der Waals surface area (Å²) in [4.78, 5) is 9.22. The van der Waals surface area contributed by atoms with Gasteiger partial charge in [0.25, 0.3) is 0 Å². The summed E-state index contributed by atoms with van der Waals surface area (Å²) in [5, 5.41) is 1.20. The van der Waals surface area contributed by atoms with Crippen LogP contribution in [0.3, 0.4) is 0 Å². The molecule has 1 heterocycles. The highest BCUT2D eigenvalue weighted by Gasteiger charge is 2.24. The second kappa shape index (κ2) is 6.23. The first-order valence-corrected chi connectivity index (χ1v) is 8.60. The van der Waals surface area contributed by atoms with E-state index in [1.165, 1.54) is 25.7 Å². The Kier molecular flexibility index (Phi) is 4.53. The first kappa shape index (κ1) is 15.3. The van der Waals surface area contributed by atoms with Crippen molar-refractivity contribution in [1.82, 2.24) is 9.97 Å². The number of aryl methyl sites for hydroxylation is 1. The molecule has 110 valence electrons. The molecule has 0 spiro atoms. The van der Waals surface area contributed by atoms with E-state index in [1.54, 1.807) is 0 Å². The predicted molar refractivity (Wildman–Crippen MR) is 91.1 cm³/mol. The minimum atomic E-state index is 0.478. The van der Waals surface area contributed by atoms with Crippen LogP contribution >= 0.6 is 39.1 Å². The van der Waals surface area contributed by atoms with Gasteiger partial charge in [-0.3, -0.25) is 0 Å². The van der Waals surface area contributed by atoms with E-state index in [0.717, 1.165) is 26.3 Å². The van der Waals surface area contributed by atoms with Crippen molar-refractivity contribution in [3.05, 3.63) is 44.1 Å². The van der Waals surface area contributed by atoms with Crippen LogP contribution in [0.4, 0.5) is 0 Å². The number of benzene rings is 1. The molecule has 0 saturated heterocycles. The number of nitrogens with zero attached hydrogens (tertiary/aromatic N) is 2. The minimum Gasteiger partial charge on any atom is -0.231 e. The van der Waals surface area contributed by atoms with Gasteiger partial charge in [-0.15, -0.1) is 0 Å². The molecule has 1 aromatic carbocycles. The van der Waals surface area contributed by atoms with Crippen molar-refractivity contribution >= 4 is 39.1 Å². The van der Waals surface area contributed by atoms with E-state index in [1.807, 2.05) is 25.1 Å². The van der Waals surface area contributed by atoms with E-state index >= 15 is 0 Å². The Morgan fingerprint density at radius 1 is 1.14 bits per heavy atom. The summed E-state index contributed by atoms with van der Waals surface area (Å²) >= 11 is 15.9. The Bertz CT molecular complexity index is 682. The summed E-state index contributed by atoms with van der Waals surface area (Å²) in [5.74, 6) is 1.16. The maximum atomic E-state index is 6.31. The van der Waals surface area contributed by atoms with Crippen LogP contribution < -0.4 is 0 Å². The van der Waals surface area contributed by atoms with Gasteiger partial charge in [-0.25, -0.2) is 9.97 Å². The number of rotatable bonds is 2. The van der Waals surface area contributed by atoms with Gasteiger partial charge in [0, 0.05) is 16.5 Å². The fourth-order valence-electron chi connectivity index (χ4n) is 2.90. The topological polar surface area (TPSA) is 25.8 Å². The molecule has 0 radical (unpaired) electrons. The Hall–Kier alpha value is -0.640. The summed E-state index contributed by atoms with van der Waals surface area (Å²) in [6.07, 6.45) is 4.86. The standard InChI is InChI=1S/C16H15BrCl2N2/c1-9-8-11(18)6-7-12(9)16-20-14(10-4-2-3-5-10)13(17)15(19)21-16/h6-8,10H,2-5H2,1H3. The lowest BCUT2D eigenvalue weighted by Crippen LogP contribution is -2.03. The lowest BCUT2D eigenvalue weighted by atomic mass is 10.0. The molecule has 1 aliphatic rings. The predicted octanol–water partition coefficient (Wildman–Crippen LogP) is 6.18. The highest BCUT2D eigenvalue weighted by atomic mass is 79.9. The zero-order valence-electron chi connectivity index (χ0n) is 11.7. The number of hydrogen-bond acceptors (Lipinski definition) is 2. The van der Waals surface area contributed by atoms with Gasteiger partial charge >= 0.3 is 0 Å². The van der Waals surface area contributed by atoms with Crippen LogP contribution in [0.2, 0.25) is 10.2 Å². The summed E-state index contributed by atoms with van der Waals surface area (Å²) in [7, 11) is 0. The summed E-state index contributed by atoms with van der Waals surface area (Å²) in [6, 6.07) is 5.74. The van der Waals surface area contributed by atoms with E-state index < -0.39 is 0 Å².